The second kappa shape index (κ2) is 7.48. The Labute approximate surface area is 112 Å². The number of carboxylic acids is 1. The first-order valence-electron chi connectivity index (χ1n) is 6.09. The SMILES string of the molecule is CC(C(=O)NCC(=O)O)N(C)CCc1ccncc1. The number of rotatable bonds is 7. The van der Waals surface area contributed by atoms with Crippen molar-refractivity contribution in [3.05, 3.63) is 30.1 Å². The molecule has 1 rings (SSSR count). The standard InChI is InChI=1S/C13H19N3O3/c1-10(13(19)15-9-12(17)18)16(2)8-5-11-3-6-14-7-4-11/h3-4,6-7,10H,5,8-9H2,1-2H3,(H,15,19)(H,17,18). The molecule has 2 N–H and O–H groups in total. The summed E-state index contributed by atoms with van der Waals surface area (Å²) in [4.78, 5) is 27.9. The second-order valence-electron chi connectivity index (χ2n) is 4.37. The lowest BCUT2D eigenvalue weighted by Gasteiger charge is -2.23. The molecular formula is C13H19N3O3. The molecule has 0 radical (unpaired) electrons. The maximum absolute atomic E-state index is 11.7. The van der Waals surface area contributed by atoms with E-state index in [0.717, 1.165) is 12.0 Å². The van der Waals surface area contributed by atoms with Crippen LogP contribution in [0, 0.1) is 0 Å². The van der Waals surface area contributed by atoms with Gasteiger partial charge >= 0.3 is 5.97 Å². The zero-order valence-corrected chi connectivity index (χ0v) is 11.2. The summed E-state index contributed by atoms with van der Waals surface area (Å²) in [7, 11) is 1.84. The van der Waals surface area contributed by atoms with Gasteiger partial charge in [0, 0.05) is 18.9 Å². The van der Waals surface area contributed by atoms with E-state index in [1.54, 1.807) is 19.3 Å². The average Bonchev–Trinajstić information content (AvgIpc) is 2.42. The summed E-state index contributed by atoms with van der Waals surface area (Å²) in [5, 5.41) is 10.9. The number of hydrogen-bond donors (Lipinski definition) is 2. The summed E-state index contributed by atoms with van der Waals surface area (Å²) in [6.45, 7) is 2.12. The van der Waals surface area contributed by atoms with Crippen LogP contribution in [0.4, 0.5) is 0 Å². The fourth-order valence-corrected chi connectivity index (χ4v) is 1.56. The summed E-state index contributed by atoms with van der Waals surface area (Å²) in [6.07, 6.45) is 4.28. The van der Waals surface area contributed by atoms with E-state index in [0.29, 0.717) is 6.54 Å². The molecule has 1 heterocycles. The minimum atomic E-state index is -1.04. The van der Waals surface area contributed by atoms with E-state index in [4.69, 9.17) is 5.11 Å². The maximum Gasteiger partial charge on any atom is 0.322 e. The van der Waals surface area contributed by atoms with Crippen molar-refractivity contribution in [1.82, 2.24) is 15.2 Å². The largest absolute Gasteiger partial charge is 0.480 e. The molecule has 1 aromatic rings. The number of carbonyl (C=O) groups excluding carboxylic acids is 1. The highest BCUT2D eigenvalue weighted by molar-refractivity contribution is 5.84. The Morgan fingerprint density at radius 1 is 1.42 bits per heavy atom. The van der Waals surface area contributed by atoms with Crippen molar-refractivity contribution >= 4 is 11.9 Å². The monoisotopic (exact) mass is 265 g/mol. The van der Waals surface area contributed by atoms with Gasteiger partial charge in [-0.2, -0.15) is 0 Å². The minimum Gasteiger partial charge on any atom is -0.480 e. The van der Waals surface area contributed by atoms with Crippen molar-refractivity contribution in [1.29, 1.82) is 0 Å². The van der Waals surface area contributed by atoms with E-state index in [1.807, 2.05) is 24.1 Å². The smallest absolute Gasteiger partial charge is 0.322 e. The second-order valence-corrected chi connectivity index (χ2v) is 4.37. The topological polar surface area (TPSA) is 82.5 Å². The zero-order chi connectivity index (χ0) is 14.3. The third-order valence-electron chi connectivity index (χ3n) is 2.96. The molecule has 0 aliphatic heterocycles. The Morgan fingerprint density at radius 2 is 2.05 bits per heavy atom. The average molecular weight is 265 g/mol. The van der Waals surface area contributed by atoms with Gasteiger partial charge < -0.3 is 10.4 Å². The molecule has 1 unspecified atom stereocenters. The molecule has 6 nitrogen and oxygen atoms in total. The number of nitrogens with one attached hydrogen (secondary N) is 1. The number of hydrogen-bond acceptors (Lipinski definition) is 4. The molecule has 104 valence electrons. The molecule has 1 aromatic heterocycles. The molecule has 6 heteroatoms. The van der Waals surface area contributed by atoms with Crippen molar-refractivity contribution in [2.75, 3.05) is 20.1 Å². The van der Waals surface area contributed by atoms with E-state index >= 15 is 0 Å². The number of nitrogens with zero attached hydrogens (tertiary/aromatic N) is 2. The van der Waals surface area contributed by atoms with Crippen LogP contribution in [0.5, 0.6) is 0 Å². The lowest BCUT2D eigenvalue weighted by atomic mass is 10.2. The van der Waals surface area contributed by atoms with E-state index in [9.17, 15) is 9.59 Å². The lowest BCUT2D eigenvalue weighted by molar-refractivity contribution is -0.138. The lowest BCUT2D eigenvalue weighted by Crippen LogP contribution is -2.45. The Kier molecular flexibility index (Phi) is 5.95. The predicted molar refractivity (Wildman–Crippen MR) is 70.7 cm³/mol. The number of aliphatic carboxylic acids is 1. The van der Waals surface area contributed by atoms with Crippen molar-refractivity contribution in [3.8, 4) is 0 Å². The Morgan fingerprint density at radius 3 is 2.63 bits per heavy atom. The van der Waals surface area contributed by atoms with Crippen molar-refractivity contribution < 1.29 is 14.7 Å². The molecule has 0 bridgehead atoms. The first-order valence-corrected chi connectivity index (χ1v) is 6.09. The van der Waals surface area contributed by atoms with E-state index in [2.05, 4.69) is 10.3 Å². The van der Waals surface area contributed by atoms with Gasteiger partial charge in [0.15, 0.2) is 0 Å². The van der Waals surface area contributed by atoms with Crippen LogP contribution in [0.2, 0.25) is 0 Å². The Bertz CT molecular complexity index is 422. The fraction of sp³-hybridized carbons (Fsp3) is 0.462. The summed E-state index contributed by atoms with van der Waals surface area (Å²) >= 11 is 0. The van der Waals surface area contributed by atoms with Crippen LogP contribution >= 0.6 is 0 Å². The van der Waals surface area contributed by atoms with Crippen LogP contribution in [-0.2, 0) is 16.0 Å². The molecule has 0 aliphatic carbocycles. The summed E-state index contributed by atoms with van der Waals surface area (Å²) in [6, 6.07) is 3.51. The number of carbonyl (C=O) groups is 2. The molecule has 19 heavy (non-hydrogen) atoms. The fourth-order valence-electron chi connectivity index (χ4n) is 1.56. The van der Waals surface area contributed by atoms with Gasteiger partial charge in [-0.15, -0.1) is 0 Å². The third-order valence-corrected chi connectivity index (χ3v) is 2.96. The number of likely N-dealkylation sites (N-methyl/N-ethyl adjacent to an activating group) is 1. The van der Waals surface area contributed by atoms with Crippen LogP contribution in [0.15, 0.2) is 24.5 Å². The van der Waals surface area contributed by atoms with Gasteiger partial charge in [0.05, 0.1) is 6.04 Å². The van der Waals surface area contributed by atoms with Gasteiger partial charge in [0.25, 0.3) is 0 Å². The predicted octanol–water partition coefficient (Wildman–Crippen LogP) is 0.145. The molecule has 0 saturated carbocycles. The van der Waals surface area contributed by atoms with Crippen LogP contribution < -0.4 is 5.32 Å². The highest BCUT2D eigenvalue weighted by Gasteiger charge is 2.17. The van der Waals surface area contributed by atoms with E-state index < -0.39 is 5.97 Å². The number of amides is 1. The van der Waals surface area contributed by atoms with Gasteiger partial charge in [-0.25, -0.2) is 0 Å². The molecule has 0 fully saturated rings. The first kappa shape index (κ1) is 15.1. The molecule has 1 amide bonds. The molecule has 0 aliphatic rings. The molecule has 0 saturated heterocycles. The normalized spacial score (nSPS) is 12.2. The quantitative estimate of drug-likeness (QED) is 0.733. The summed E-state index contributed by atoms with van der Waals surface area (Å²) in [5.41, 5.74) is 1.15. The van der Waals surface area contributed by atoms with Crippen molar-refractivity contribution in [2.45, 2.75) is 19.4 Å². The molecule has 0 spiro atoms. The summed E-state index contributed by atoms with van der Waals surface area (Å²) in [5.74, 6) is -1.32. The minimum absolute atomic E-state index is 0.278. The van der Waals surface area contributed by atoms with Crippen molar-refractivity contribution in [3.63, 3.8) is 0 Å². The highest BCUT2D eigenvalue weighted by Crippen LogP contribution is 2.02. The van der Waals surface area contributed by atoms with Gasteiger partial charge in [0.1, 0.15) is 6.54 Å². The molecular weight excluding hydrogens is 246 g/mol. The van der Waals surface area contributed by atoms with Crippen LogP contribution in [0.3, 0.4) is 0 Å². The highest BCUT2D eigenvalue weighted by atomic mass is 16.4. The number of aromatic nitrogens is 1. The van der Waals surface area contributed by atoms with Crippen molar-refractivity contribution in [2.24, 2.45) is 0 Å². The third kappa shape index (κ3) is 5.48. The maximum atomic E-state index is 11.7. The Balaban J connectivity index is 2.37. The van der Waals surface area contributed by atoms with Gasteiger partial charge in [-0.05, 0) is 38.1 Å². The van der Waals surface area contributed by atoms with Crippen LogP contribution in [-0.4, -0.2) is 53.0 Å². The van der Waals surface area contributed by atoms with E-state index in [1.165, 1.54) is 0 Å². The number of carboxylic acid groups (broad SMARTS) is 1. The van der Waals surface area contributed by atoms with Gasteiger partial charge in [-0.1, -0.05) is 0 Å². The summed E-state index contributed by atoms with van der Waals surface area (Å²) < 4.78 is 0. The van der Waals surface area contributed by atoms with Crippen LogP contribution in [0.25, 0.3) is 0 Å². The Hall–Kier alpha value is -1.95. The van der Waals surface area contributed by atoms with Crippen LogP contribution in [0.1, 0.15) is 12.5 Å². The zero-order valence-electron chi connectivity index (χ0n) is 11.2. The van der Waals surface area contributed by atoms with Gasteiger partial charge in [-0.3, -0.25) is 19.5 Å². The van der Waals surface area contributed by atoms with E-state index in [-0.39, 0.29) is 18.5 Å². The molecule has 0 aromatic carbocycles. The first-order chi connectivity index (χ1) is 9.00. The molecule has 1 atom stereocenters. The number of pyridine rings is 1. The van der Waals surface area contributed by atoms with Gasteiger partial charge in [0.2, 0.25) is 5.91 Å².